The Hall–Kier alpha value is -6.85. The summed E-state index contributed by atoms with van der Waals surface area (Å²) in [6.45, 7) is 0. The third-order valence-electron chi connectivity index (χ3n) is 9.51. The van der Waals surface area contributed by atoms with Gasteiger partial charge < -0.3 is 8.98 Å². The van der Waals surface area contributed by atoms with Crippen LogP contribution < -0.4 is 4.57 Å². The maximum absolute atomic E-state index is 6.73. The molecule has 6 aromatic carbocycles. The van der Waals surface area contributed by atoms with Crippen molar-refractivity contribution in [3.05, 3.63) is 176 Å². The average molecular weight is 642 g/mol. The molecule has 0 aliphatic heterocycles. The van der Waals surface area contributed by atoms with E-state index in [1.165, 1.54) is 16.3 Å². The first-order valence-electron chi connectivity index (χ1n) is 16.7. The SMILES string of the molecule is c1ccc(-c2cc(-c3ccc4c(c3)oc3c(-[n+]5ccc6c(c5)c5ccccc5n6-c5ccccc5)cccc34)nc(-c3ccccc3)n2)cc1. The van der Waals surface area contributed by atoms with E-state index < -0.39 is 0 Å². The lowest BCUT2D eigenvalue weighted by Gasteiger charge is -2.09. The van der Waals surface area contributed by atoms with Crippen molar-refractivity contribution in [2.24, 2.45) is 0 Å². The Labute approximate surface area is 288 Å². The first-order chi connectivity index (χ1) is 24.8. The van der Waals surface area contributed by atoms with Crippen LogP contribution in [0, 0.1) is 0 Å². The molecule has 0 spiro atoms. The van der Waals surface area contributed by atoms with Gasteiger partial charge in [0.15, 0.2) is 18.2 Å². The minimum atomic E-state index is 0.689. The van der Waals surface area contributed by atoms with E-state index in [9.17, 15) is 0 Å². The summed E-state index contributed by atoms with van der Waals surface area (Å²) in [5.41, 5.74) is 10.8. The van der Waals surface area contributed by atoms with Gasteiger partial charge in [-0.15, -0.1) is 0 Å². The van der Waals surface area contributed by atoms with Crippen molar-refractivity contribution in [2.45, 2.75) is 0 Å². The summed E-state index contributed by atoms with van der Waals surface area (Å²) in [6, 6.07) is 56.5. The number of benzene rings is 6. The number of hydrogen-bond donors (Lipinski definition) is 0. The number of para-hydroxylation sites is 3. The molecule has 0 saturated heterocycles. The van der Waals surface area contributed by atoms with Crippen LogP contribution in [0.1, 0.15) is 0 Å². The predicted octanol–water partition coefficient (Wildman–Crippen LogP) is 10.8. The summed E-state index contributed by atoms with van der Waals surface area (Å²) in [4.78, 5) is 10.0. The zero-order valence-corrected chi connectivity index (χ0v) is 26.9. The molecule has 4 heterocycles. The summed E-state index contributed by atoms with van der Waals surface area (Å²) >= 11 is 0. The van der Waals surface area contributed by atoms with E-state index in [1.54, 1.807) is 0 Å². The minimum Gasteiger partial charge on any atom is -0.449 e. The lowest BCUT2D eigenvalue weighted by Crippen LogP contribution is -2.29. The lowest BCUT2D eigenvalue weighted by atomic mass is 10.0. The van der Waals surface area contributed by atoms with Gasteiger partial charge in [-0.3, -0.25) is 0 Å². The van der Waals surface area contributed by atoms with Crippen molar-refractivity contribution < 1.29 is 8.98 Å². The molecule has 0 atom stereocenters. The summed E-state index contributed by atoms with van der Waals surface area (Å²) in [5.74, 6) is 0.689. The van der Waals surface area contributed by atoms with E-state index in [0.717, 1.165) is 66.9 Å². The second-order valence-electron chi connectivity index (χ2n) is 12.5. The molecule has 0 saturated carbocycles. The van der Waals surface area contributed by atoms with Crippen LogP contribution in [0.5, 0.6) is 0 Å². The minimum absolute atomic E-state index is 0.689. The van der Waals surface area contributed by atoms with Gasteiger partial charge >= 0.3 is 0 Å². The fourth-order valence-electron chi connectivity index (χ4n) is 7.14. The molecule has 0 aliphatic rings. The summed E-state index contributed by atoms with van der Waals surface area (Å²) in [5, 5.41) is 4.51. The normalized spacial score (nSPS) is 11.6. The van der Waals surface area contributed by atoms with Crippen LogP contribution in [0.2, 0.25) is 0 Å². The largest absolute Gasteiger partial charge is 0.449 e. The molecule has 0 aliphatic carbocycles. The fraction of sp³-hybridized carbons (Fsp3) is 0. The highest BCUT2D eigenvalue weighted by Crippen LogP contribution is 2.36. The van der Waals surface area contributed by atoms with Crippen LogP contribution in [0.15, 0.2) is 181 Å². The third-order valence-corrected chi connectivity index (χ3v) is 9.51. The molecule has 234 valence electrons. The van der Waals surface area contributed by atoms with Gasteiger partial charge in [-0.2, -0.15) is 4.57 Å². The smallest absolute Gasteiger partial charge is 0.254 e. The molecule has 0 bridgehead atoms. The number of hydrogen-bond acceptors (Lipinski definition) is 3. The Morgan fingerprint density at radius 2 is 1.14 bits per heavy atom. The number of fused-ring (bicyclic) bond motifs is 6. The summed E-state index contributed by atoms with van der Waals surface area (Å²) in [6.07, 6.45) is 4.35. The highest BCUT2D eigenvalue weighted by atomic mass is 16.3. The van der Waals surface area contributed by atoms with Crippen molar-refractivity contribution >= 4 is 43.7 Å². The highest BCUT2D eigenvalue weighted by molar-refractivity contribution is 6.09. The maximum Gasteiger partial charge on any atom is 0.254 e. The van der Waals surface area contributed by atoms with Gasteiger partial charge in [0, 0.05) is 50.7 Å². The Balaban J connectivity index is 1.12. The van der Waals surface area contributed by atoms with Crippen molar-refractivity contribution in [3.8, 4) is 45.3 Å². The highest BCUT2D eigenvalue weighted by Gasteiger charge is 2.21. The van der Waals surface area contributed by atoms with E-state index in [-0.39, 0.29) is 0 Å². The van der Waals surface area contributed by atoms with Gasteiger partial charge in [0.1, 0.15) is 5.58 Å². The number of nitrogens with zero attached hydrogens (tertiary/aromatic N) is 4. The van der Waals surface area contributed by atoms with Crippen molar-refractivity contribution in [1.29, 1.82) is 0 Å². The van der Waals surface area contributed by atoms with Gasteiger partial charge in [-0.25, -0.2) is 9.97 Å². The first-order valence-corrected chi connectivity index (χ1v) is 16.7. The van der Waals surface area contributed by atoms with E-state index in [2.05, 4.69) is 137 Å². The lowest BCUT2D eigenvalue weighted by molar-refractivity contribution is -0.593. The van der Waals surface area contributed by atoms with Crippen molar-refractivity contribution in [3.63, 3.8) is 0 Å². The van der Waals surface area contributed by atoms with E-state index in [1.807, 2.05) is 48.5 Å². The Kier molecular flexibility index (Phi) is 6.42. The molecule has 50 heavy (non-hydrogen) atoms. The van der Waals surface area contributed by atoms with E-state index in [4.69, 9.17) is 14.4 Å². The Morgan fingerprint density at radius 3 is 1.94 bits per heavy atom. The van der Waals surface area contributed by atoms with Gasteiger partial charge in [-0.1, -0.05) is 109 Å². The van der Waals surface area contributed by atoms with Crippen molar-refractivity contribution in [2.75, 3.05) is 0 Å². The van der Waals surface area contributed by atoms with E-state index >= 15 is 0 Å². The summed E-state index contributed by atoms with van der Waals surface area (Å²) < 4.78 is 11.2. The molecule has 0 fully saturated rings. The zero-order valence-electron chi connectivity index (χ0n) is 26.9. The second-order valence-corrected chi connectivity index (χ2v) is 12.5. The molecule has 0 unspecified atom stereocenters. The van der Waals surface area contributed by atoms with Gasteiger partial charge in [-0.05, 0) is 42.5 Å². The van der Waals surface area contributed by atoms with Crippen LogP contribution >= 0.6 is 0 Å². The Bertz CT molecular complexity index is 2800. The van der Waals surface area contributed by atoms with Gasteiger partial charge in [0.05, 0.1) is 27.8 Å². The van der Waals surface area contributed by atoms with Crippen molar-refractivity contribution in [1.82, 2.24) is 14.5 Å². The van der Waals surface area contributed by atoms with Gasteiger partial charge in [0.2, 0.25) is 5.58 Å². The molecule has 0 radical (unpaired) electrons. The third kappa shape index (κ3) is 4.60. The van der Waals surface area contributed by atoms with Crippen LogP contribution in [0.4, 0.5) is 0 Å². The molecule has 10 aromatic rings. The topological polar surface area (TPSA) is 47.7 Å². The van der Waals surface area contributed by atoms with Crippen LogP contribution in [0.25, 0.3) is 89.0 Å². The molecular formula is C45H29N4O+. The van der Waals surface area contributed by atoms with Gasteiger partial charge in [0.25, 0.3) is 5.69 Å². The maximum atomic E-state index is 6.73. The summed E-state index contributed by atoms with van der Waals surface area (Å²) in [7, 11) is 0. The van der Waals surface area contributed by atoms with Crippen LogP contribution in [0.3, 0.4) is 0 Å². The molecule has 10 rings (SSSR count). The standard InChI is InChI=1S/C45H29N4O/c1-4-13-30(14-5-1)38-28-39(47-45(46-38)31-15-6-2-7-16-31)32-23-24-35-36-20-12-22-42(44(36)50-43(35)27-32)48-26-25-41-37(29-48)34-19-10-11-21-40(34)49(41)33-17-8-3-9-18-33/h1-29H/q+1. The molecule has 0 amide bonds. The molecular weight excluding hydrogens is 613 g/mol. The van der Waals surface area contributed by atoms with Crippen LogP contribution in [-0.4, -0.2) is 14.5 Å². The average Bonchev–Trinajstić information content (AvgIpc) is 3.74. The first kappa shape index (κ1) is 28.2. The fourth-order valence-corrected chi connectivity index (χ4v) is 7.14. The quantitative estimate of drug-likeness (QED) is 0.176. The number of aromatic nitrogens is 4. The monoisotopic (exact) mass is 641 g/mol. The Morgan fingerprint density at radius 1 is 0.480 bits per heavy atom. The zero-order chi connectivity index (χ0) is 33.0. The molecule has 5 heteroatoms. The van der Waals surface area contributed by atoms with Crippen LogP contribution in [-0.2, 0) is 0 Å². The number of pyridine rings is 1. The number of rotatable bonds is 5. The predicted molar refractivity (Wildman–Crippen MR) is 201 cm³/mol. The molecule has 0 N–H and O–H groups in total. The van der Waals surface area contributed by atoms with E-state index in [0.29, 0.717) is 5.82 Å². The molecule has 5 nitrogen and oxygen atoms in total. The second kappa shape index (κ2) is 11.4. The number of furan rings is 1. The molecule has 4 aromatic heterocycles.